The number of nitrogens with zero attached hydrogens (tertiary/aromatic N) is 1. The molecule has 0 saturated heterocycles. The summed E-state index contributed by atoms with van der Waals surface area (Å²) < 4.78 is 0. The number of rotatable bonds is 2. The van der Waals surface area contributed by atoms with Gasteiger partial charge in [-0.15, -0.1) is 0 Å². The van der Waals surface area contributed by atoms with E-state index in [2.05, 4.69) is 9.97 Å². The lowest BCUT2D eigenvalue weighted by atomic mass is 10.1. The molecule has 0 aliphatic carbocycles. The number of fused-ring (bicyclic) bond motifs is 1. The molecular weight excluding hydrogens is 166 g/mol. The van der Waals surface area contributed by atoms with E-state index in [0.717, 1.165) is 16.6 Å². The molecule has 1 aromatic carbocycles. The summed E-state index contributed by atoms with van der Waals surface area (Å²) in [5.41, 5.74) is 8.43. The largest absolute Gasteiger partial charge is 0.394 e. The minimum absolute atomic E-state index is 0.0457. The molecule has 0 aliphatic rings. The number of aliphatic hydroxyl groups excluding tert-OH is 1. The van der Waals surface area contributed by atoms with Gasteiger partial charge in [0.05, 0.1) is 30.0 Å². The number of nitrogens with one attached hydrogen (secondary N) is 1. The van der Waals surface area contributed by atoms with Crippen LogP contribution in [0, 0.1) is 0 Å². The molecule has 0 fully saturated rings. The highest BCUT2D eigenvalue weighted by Crippen LogP contribution is 2.15. The molecule has 0 amide bonds. The molecule has 0 saturated carbocycles. The lowest BCUT2D eigenvalue weighted by Crippen LogP contribution is -2.14. The van der Waals surface area contributed by atoms with Gasteiger partial charge < -0.3 is 15.8 Å². The van der Waals surface area contributed by atoms with Gasteiger partial charge in [0.1, 0.15) is 0 Å². The first-order chi connectivity index (χ1) is 6.31. The SMILES string of the molecule is NC(CO)c1ccc2[nH]cnc2c1. The second kappa shape index (κ2) is 3.16. The van der Waals surface area contributed by atoms with Gasteiger partial charge in [0.15, 0.2) is 0 Å². The summed E-state index contributed by atoms with van der Waals surface area (Å²) >= 11 is 0. The summed E-state index contributed by atoms with van der Waals surface area (Å²) in [4.78, 5) is 7.09. The fraction of sp³-hybridized carbons (Fsp3) is 0.222. The van der Waals surface area contributed by atoms with Crippen molar-refractivity contribution in [3.8, 4) is 0 Å². The molecule has 0 radical (unpaired) electrons. The summed E-state index contributed by atoms with van der Waals surface area (Å²) in [6, 6.07) is 5.36. The van der Waals surface area contributed by atoms with Crippen LogP contribution in [0.15, 0.2) is 24.5 Å². The van der Waals surface area contributed by atoms with Crippen LogP contribution in [-0.2, 0) is 0 Å². The molecule has 0 spiro atoms. The Bertz CT molecular complexity index is 410. The van der Waals surface area contributed by atoms with Gasteiger partial charge in [-0.3, -0.25) is 0 Å². The van der Waals surface area contributed by atoms with Crippen LogP contribution in [0.5, 0.6) is 0 Å². The van der Waals surface area contributed by atoms with Gasteiger partial charge in [-0.05, 0) is 17.7 Å². The van der Waals surface area contributed by atoms with Crippen molar-refractivity contribution in [1.82, 2.24) is 9.97 Å². The number of aromatic nitrogens is 2. The normalized spacial score (nSPS) is 13.4. The molecule has 1 heterocycles. The van der Waals surface area contributed by atoms with Crippen molar-refractivity contribution in [2.24, 2.45) is 5.73 Å². The quantitative estimate of drug-likeness (QED) is 0.627. The molecule has 1 unspecified atom stereocenters. The monoisotopic (exact) mass is 177 g/mol. The third-order valence-corrected chi connectivity index (χ3v) is 2.07. The fourth-order valence-electron chi connectivity index (χ4n) is 1.28. The van der Waals surface area contributed by atoms with Crippen LogP contribution in [0.1, 0.15) is 11.6 Å². The Balaban J connectivity index is 2.48. The molecule has 4 N–H and O–H groups in total. The van der Waals surface area contributed by atoms with Crippen LogP contribution >= 0.6 is 0 Å². The zero-order valence-corrected chi connectivity index (χ0v) is 7.07. The average molecular weight is 177 g/mol. The molecule has 4 nitrogen and oxygen atoms in total. The Morgan fingerprint density at radius 2 is 2.38 bits per heavy atom. The highest BCUT2D eigenvalue weighted by molar-refractivity contribution is 5.75. The van der Waals surface area contributed by atoms with E-state index in [4.69, 9.17) is 10.8 Å². The molecule has 0 aliphatic heterocycles. The summed E-state index contributed by atoms with van der Waals surface area (Å²) in [6.45, 7) is -0.0457. The van der Waals surface area contributed by atoms with Crippen molar-refractivity contribution in [3.63, 3.8) is 0 Å². The summed E-state index contributed by atoms with van der Waals surface area (Å²) in [5, 5.41) is 8.86. The number of aromatic amines is 1. The van der Waals surface area contributed by atoms with E-state index in [1.807, 2.05) is 18.2 Å². The van der Waals surface area contributed by atoms with Crippen LogP contribution in [0.3, 0.4) is 0 Å². The first-order valence-corrected chi connectivity index (χ1v) is 4.10. The zero-order valence-electron chi connectivity index (χ0n) is 7.07. The lowest BCUT2D eigenvalue weighted by Gasteiger charge is -2.07. The maximum absolute atomic E-state index is 8.86. The van der Waals surface area contributed by atoms with Gasteiger partial charge in [-0.25, -0.2) is 4.98 Å². The fourth-order valence-corrected chi connectivity index (χ4v) is 1.28. The molecule has 4 heteroatoms. The minimum Gasteiger partial charge on any atom is -0.394 e. The Labute approximate surface area is 75.4 Å². The van der Waals surface area contributed by atoms with Crippen molar-refractivity contribution in [3.05, 3.63) is 30.1 Å². The van der Waals surface area contributed by atoms with E-state index < -0.39 is 0 Å². The number of H-pyrrole nitrogens is 1. The second-order valence-corrected chi connectivity index (χ2v) is 2.97. The van der Waals surface area contributed by atoms with Crippen LogP contribution in [0.2, 0.25) is 0 Å². The highest BCUT2D eigenvalue weighted by atomic mass is 16.3. The van der Waals surface area contributed by atoms with Crippen molar-refractivity contribution < 1.29 is 5.11 Å². The zero-order chi connectivity index (χ0) is 9.26. The molecular formula is C9H11N3O. The van der Waals surface area contributed by atoms with E-state index in [9.17, 15) is 0 Å². The van der Waals surface area contributed by atoms with Crippen LogP contribution in [-0.4, -0.2) is 21.7 Å². The number of nitrogens with two attached hydrogens (primary N) is 1. The predicted molar refractivity (Wildman–Crippen MR) is 50.1 cm³/mol. The summed E-state index contributed by atoms with van der Waals surface area (Å²) in [6.07, 6.45) is 1.64. The number of aliphatic hydroxyl groups is 1. The number of benzene rings is 1. The van der Waals surface area contributed by atoms with E-state index in [0.29, 0.717) is 0 Å². The van der Waals surface area contributed by atoms with Crippen LogP contribution < -0.4 is 5.73 Å². The van der Waals surface area contributed by atoms with E-state index in [-0.39, 0.29) is 12.6 Å². The third-order valence-electron chi connectivity index (χ3n) is 2.07. The number of hydrogen-bond donors (Lipinski definition) is 3. The van der Waals surface area contributed by atoms with Gasteiger partial charge in [-0.1, -0.05) is 6.07 Å². The Morgan fingerprint density at radius 1 is 1.54 bits per heavy atom. The van der Waals surface area contributed by atoms with Crippen molar-refractivity contribution >= 4 is 11.0 Å². The van der Waals surface area contributed by atoms with Gasteiger partial charge in [0, 0.05) is 0 Å². The Kier molecular flexibility index (Phi) is 2.00. The molecule has 1 atom stereocenters. The predicted octanol–water partition coefficient (Wildman–Crippen LogP) is 0.555. The van der Waals surface area contributed by atoms with E-state index in [1.165, 1.54) is 0 Å². The molecule has 2 rings (SSSR count). The van der Waals surface area contributed by atoms with Gasteiger partial charge in [-0.2, -0.15) is 0 Å². The van der Waals surface area contributed by atoms with Crippen LogP contribution in [0.4, 0.5) is 0 Å². The first kappa shape index (κ1) is 8.22. The summed E-state index contributed by atoms with van der Waals surface area (Å²) in [5.74, 6) is 0. The Morgan fingerprint density at radius 3 is 3.15 bits per heavy atom. The molecule has 2 aromatic rings. The lowest BCUT2D eigenvalue weighted by molar-refractivity contribution is 0.268. The number of imidazole rings is 1. The summed E-state index contributed by atoms with van der Waals surface area (Å²) in [7, 11) is 0. The van der Waals surface area contributed by atoms with Gasteiger partial charge >= 0.3 is 0 Å². The second-order valence-electron chi connectivity index (χ2n) is 2.97. The average Bonchev–Trinajstić information content (AvgIpc) is 2.63. The smallest absolute Gasteiger partial charge is 0.0931 e. The molecule has 1 aromatic heterocycles. The van der Waals surface area contributed by atoms with Crippen molar-refractivity contribution in [2.45, 2.75) is 6.04 Å². The third kappa shape index (κ3) is 1.41. The van der Waals surface area contributed by atoms with Gasteiger partial charge in [0.25, 0.3) is 0 Å². The molecule has 68 valence electrons. The highest BCUT2D eigenvalue weighted by Gasteiger charge is 2.05. The Hall–Kier alpha value is -1.39. The molecule has 13 heavy (non-hydrogen) atoms. The van der Waals surface area contributed by atoms with Gasteiger partial charge in [0.2, 0.25) is 0 Å². The first-order valence-electron chi connectivity index (χ1n) is 4.10. The number of hydrogen-bond acceptors (Lipinski definition) is 3. The topological polar surface area (TPSA) is 74.9 Å². The van der Waals surface area contributed by atoms with Crippen LogP contribution in [0.25, 0.3) is 11.0 Å². The maximum Gasteiger partial charge on any atom is 0.0931 e. The van der Waals surface area contributed by atoms with E-state index >= 15 is 0 Å². The minimum atomic E-state index is -0.318. The maximum atomic E-state index is 8.86. The van der Waals surface area contributed by atoms with Crippen molar-refractivity contribution in [2.75, 3.05) is 6.61 Å². The van der Waals surface area contributed by atoms with E-state index in [1.54, 1.807) is 6.33 Å². The van der Waals surface area contributed by atoms with Crippen molar-refractivity contribution in [1.29, 1.82) is 0 Å². The molecule has 0 bridgehead atoms. The standard InChI is InChI=1S/C9H11N3O/c10-7(4-13)6-1-2-8-9(3-6)12-5-11-8/h1-3,5,7,13H,4,10H2,(H,11,12).